The molecule has 7 heteroatoms. The third-order valence-corrected chi connectivity index (χ3v) is 3.34. The van der Waals surface area contributed by atoms with Gasteiger partial charge in [-0.15, -0.1) is 0 Å². The van der Waals surface area contributed by atoms with Gasteiger partial charge < -0.3 is 14.8 Å². The van der Waals surface area contributed by atoms with Crippen molar-refractivity contribution < 1.29 is 9.47 Å². The van der Waals surface area contributed by atoms with Crippen molar-refractivity contribution >= 4 is 17.3 Å². The van der Waals surface area contributed by atoms with Crippen molar-refractivity contribution in [1.82, 2.24) is 14.8 Å². The minimum absolute atomic E-state index is 0.255. The van der Waals surface area contributed by atoms with Crippen molar-refractivity contribution in [2.75, 3.05) is 19.5 Å². The number of rotatable bonds is 6. The summed E-state index contributed by atoms with van der Waals surface area (Å²) in [5.74, 6) is 2.08. The van der Waals surface area contributed by atoms with Crippen LogP contribution in [0.2, 0.25) is 5.02 Å². The molecule has 0 aliphatic heterocycles. The molecule has 0 unspecified atom stereocenters. The summed E-state index contributed by atoms with van der Waals surface area (Å²) >= 11 is 6.15. The number of anilines is 1. The largest absolute Gasteiger partial charge is 0.495 e. The maximum atomic E-state index is 6.15. The van der Waals surface area contributed by atoms with Crippen LogP contribution in [0.25, 0.3) is 0 Å². The zero-order valence-electron chi connectivity index (χ0n) is 12.6. The molecule has 6 nitrogen and oxygen atoms in total. The lowest BCUT2D eigenvalue weighted by atomic mass is 10.2. The molecular formula is C14H19ClN4O2. The summed E-state index contributed by atoms with van der Waals surface area (Å²) in [6.07, 6.45) is 1.55. The van der Waals surface area contributed by atoms with E-state index in [0.29, 0.717) is 23.1 Å². The molecule has 0 aliphatic carbocycles. The molecule has 0 aliphatic rings. The fraction of sp³-hybridized carbons (Fsp3) is 0.429. The first-order chi connectivity index (χ1) is 10.1. The summed E-state index contributed by atoms with van der Waals surface area (Å²) in [6.45, 7) is 4.64. The summed E-state index contributed by atoms with van der Waals surface area (Å²) < 4.78 is 12.4. The molecule has 1 aromatic heterocycles. The first-order valence-corrected chi connectivity index (χ1v) is 6.98. The zero-order valence-corrected chi connectivity index (χ0v) is 13.3. The zero-order chi connectivity index (χ0) is 15.4. The second-order valence-electron chi connectivity index (χ2n) is 4.76. The molecule has 0 atom stereocenters. The maximum Gasteiger partial charge on any atom is 0.146 e. The Labute approximate surface area is 129 Å². The van der Waals surface area contributed by atoms with Crippen molar-refractivity contribution in [1.29, 1.82) is 0 Å². The van der Waals surface area contributed by atoms with E-state index in [1.54, 1.807) is 32.7 Å². The smallest absolute Gasteiger partial charge is 0.146 e. The Balaban J connectivity index is 2.19. The van der Waals surface area contributed by atoms with Gasteiger partial charge >= 0.3 is 0 Å². The van der Waals surface area contributed by atoms with Gasteiger partial charge in [0.2, 0.25) is 0 Å². The van der Waals surface area contributed by atoms with Crippen LogP contribution in [0.1, 0.15) is 25.7 Å². The number of methoxy groups -OCH3 is 2. The summed E-state index contributed by atoms with van der Waals surface area (Å²) in [5.41, 5.74) is 0.779. The van der Waals surface area contributed by atoms with Crippen LogP contribution in [0.3, 0.4) is 0 Å². The summed E-state index contributed by atoms with van der Waals surface area (Å²) in [6, 6.07) is 3.78. The van der Waals surface area contributed by atoms with E-state index in [2.05, 4.69) is 29.2 Å². The first kappa shape index (κ1) is 15.4. The van der Waals surface area contributed by atoms with Crippen molar-refractivity contribution in [3.05, 3.63) is 29.3 Å². The van der Waals surface area contributed by atoms with Crippen molar-refractivity contribution in [2.45, 2.75) is 26.4 Å². The highest BCUT2D eigenvalue weighted by molar-refractivity contribution is 6.32. The van der Waals surface area contributed by atoms with Gasteiger partial charge in [0.25, 0.3) is 0 Å². The highest BCUT2D eigenvalue weighted by Crippen LogP contribution is 2.36. The van der Waals surface area contributed by atoms with Crippen LogP contribution in [0.15, 0.2) is 18.5 Å². The lowest BCUT2D eigenvalue weighted by Gasteiger charge is -2.14. The molecule has 1 heterocycles. The molecule has 21 heavy (non-hydrogen) atoms. The van der Waals surface area contributed by atoms with Gasteiger partial charge in [0, 0.05) is 12.1 Å². The molecule has 2 aromatic rings. The van der Waals surface area contributed by atoms with E-state index in [1.807, 2.05) is 4.68 Å². The average Bonchev–Trinajstić information content (AvgIpc) is 2.93. The highest BCUT2D eigenvalue weighted by atomic mass is 35.5. The molecule has 0 saturated carbocycles. The van der Waals surface area contributed by atoms with Crippen LogP contribution in [0.4, 0.5) is 5.69 Å². The van der Waals surface area contributed by atoms with Crippen molar-refractivity contribution in [2.24, 2.45) is 0 Å². The number of nitrogens with one attached hydrogen (secondary N) is 1. The topological polar surface area (TPSA) is 61.2 Å². The Morgan fingerprint density at radius 3 is 2.57 bits per heavy atom. The lowest BCUT2D eigenvalue weighted by Crippen LogP contribution is -2.12. The van der Waals surface area contributed by atoms with Gasteiger partial charge in [0.15, 0.2) is 0 Å². The lowest BCUT2D eigenvalue weighted by molar-refractivity contribution is 0.395. The van der Waals surface area contributed by atoms with E-state index in [1.165, 1.54) is 0 Å². The molecule has 1 N–H and O–H groups in total. The number of halogens is 1. The highest BCUT2D eigenvalue weighted by Gasteiger charge is 2.12. The summed E-state index contributed by atoms with van der Waals surface area (Å²) in [7, 11) is 3.17. The molecule has 0 saturated heterocycles. The maximum absolute atomic E-state index is 6.15. The third-order valence-electron chi connectivity index (χ3n) is 3.05. The minimum atomic E-state index is 0.255. The monoisotopic (exact) mass is 310 g/mol. The van der Waals surface area contributed by atoms with E-state index in [0.717, 1.165) is 11.5 Å². The summed E-state index contributed by atoms with van der Waals surface area (Å²) in [4.78, 5) is 4.26. The average molecular weight is 311 g/mol. The molecule has 1 aromatic carbocycles. The number of hydrogen-bond acceptors (Lipinski definition) is 5. The first-order valence-electron chi connectivity index (χ1n) is 6.60. The molecule has 0 spiro atoms. The van der Waals surface area contributed by atoms with Crippen LogP contribution in [-0.4, -0.2) is 29.0 Å². The standard InChI is InChI=1S/C14H19ClN4O2/c1-9(2)19-14(17-8-18-19)7-16-11-5-10(15)12(20-3)6-13(11)21-4/h5-6,8-9,16H,7H2,1-4H3. The molecular weight excluding hydrogens is 292 g/mol. The van der Waals surface area contributed by atoms with Crippen molar-refractivity contribution in [3.63, 3.8) is 0 Å². The van der Waals surface area contributed by atoms with Crippen LogP contribution < -0.4 is 14.8 Å². The second kappa shape index (κ2) is 6.67. The van der Waals surface area contributed by atoms with Gasteiger partial charge in [-0.05, 0) is 19.9 Å². The quantitative estimate of drug-likeness (QED) is 0.888. The Bertz CT molecular complexity index is 613. The number of hydrogen-bond donors (Lipinski definition) is 1. The van der Waals surface area contributed by atoms with E-state index >= 15 is 0 Å². The van der Waals surface area contributed by atoms with Crippen LogP contribution in [0.5, 0.6) is 11.5 Å². The molecule has 114 valence electrons. The summed E-state index contributed by atoms with van der Waals surface area (Å²) in [5, 5.41) is 7.99. The fourth-order valence-corrected chi connectivity index (χ4v) is 2.25. The Kier molecular flexibility index (Phi) is 4.90. The minimum Gasteiger partial charge on any atom is -0.495 e. The van der Waals surface area contributed by atoms with Gasteiger partial charge in [0.1, 0.15) is 23.7 Å². The van der Waals surface area contributed by atoms with Gasteiger partial charge in [0.05, 0.1) is 31.5 Å². The number of ether oxygens (including phenoxy) is 2. The SMILES string of the molecule is COc1cc(OC)c(NCc2ncnn2C(C)C)cc1Cl. The Hall–Kier alpha value is -1.95. The van der Waals surface area contributed by atoms with Crippen LogP contribution >= 0.6 is 11.6 Å². The van der Waals surface area contributed by atoms with Gasteiger partial charge in [-0.2, -0.15) is 5.10 Å². The normalized spacial score (nSPS) is 10.8. The van der Waals surface area contributed by atoms with Gasteiger partial charge in [-0.25, -0.2) is 9.67 Å². The van der Waals surface area contributed by atoms with Crippen LogP contribution in [0, 0.1) is 0 Å². The van der Waals surface area contributed by atoms with E-state index < -0.39 is 0 Å². The number of aromatic nitrogens is 3. The number of benzene rings is 1. The predicted molar refractivity (Wildman–Crippen MR) is 82.3 cm³/mol. The van der Waals surface area contributed by atoms with E-state index in [4.69, 9.17) is 21.1 Å². The predicted octanol–water partition coefficient (Wildman–Crippen LogP) is 3.14. The second-order valence-corrected chi connectivity index (χ2v) is 5.16. The van der Waals surface area contributed by atoms with Gasteiger partial charge in [-0.1, -0.05) is 11.6 Å². The van der Waals surface area contributed by atoms with Crippen molar-refractivity contribution in [3.8, 4) is 11.5 Å². The van der Waals surface area contributed by atoms with E-state index in [-0.39, 0.29) is 6.04 Å². The van der Waals surface area contributed by atoms with Gasteiger partial charge in [-0.3, -0.25) is 0 Å². The molecule has 0 radical (unpaired) electrons. The molecule has 0 fully saturated rings. The Morgan fingerprint density at radius 2 is 1.95 bits per heavy atom. The molecule has 0 amide bonds. The number of nitrogens with zero attached hydrogens (tertiary/aromatic N) is 3. The third kappa shape index (κ3) is 3.39. The Morgan fingerprint density at radius 1 is 1.24 bits per heavy atom. The molecule has 0 bridgehead atoms. The van der Waals surface area contributed by atoms with Crippen LogP contribution in [-0.2, 0) is 6.54 Å². The van der Waals surface area contributed by atoms with E-state index in [9.17, 15) is 0 Å². The fourth-order valence-electron chi connectivity index (χ4n) is 2.00. The molecule has 2 rings (SSSR count).